The summed E-state index contributed by atoms with van der Waals surface area (Å²) in [4.78, 5) is 11.5. The smallest absolute Gasteiger partial charge is 0.234 e. The molecule has 0 atom stereocenters. The van der Waals surface area contributed by atoms with Gasteiger partial charge in [0.15, 0.2) is 0 Å². The zero-order valence-corrected chi connectivity index (χ0v) is 9.59. The van der Waals surface area contributed by atoms with Gasteiger partial charge < -0.3 is 10.6 Å². The molecule has 2 saturated carbocycles. The van der Waals surface area contributed by atoms with Crippen molar-refractivity contribution in [2.75, 3.05) is 6.54 Å². The molecule has 3 nitrogen and oxygen atoms in total. The Hall–Kier alpha value is -0.570. The van der Waals surface area contributed by atoms with E-state index in [-0.39, 0.29) is 5.91 Å². The number of carbonyl (C=O) groups is 1. The molecule has 2 aliphatic rings. The fourth-order valence-electron chi connectivity index (χ4n) is 2.67. The summed E-state index contributed by atoms with van der Waals surface area (Å²) in [6, 6.07) is 1.05. The number of amides is 1. The van der Waals surface area contributed by atoms with E-state index in [1.165, 1.54) is 25.7 Å². The van der Waals surface area contributed by atoms with E-state index >= 15 is 0 Å². The minimum absolute atomic E-state index is 0.179. The van der Waals surface area contributed by atoms with Gasteiger partial charge in [-0.1, -0.05) is 19.8 Å². The van der Waals surface area contributed by atoms with Crippen molar-refractivity contribution in [3.63, 3.8) is 0 Å². The van der Waals surface area contributed by atoms with Crippen molar-refractivity contribution >= 4 is 5.91 Å². The SMILES string of the molecule is CC1CC(NC(=O)CNC2CCCC2)C1. The second-order valence-corrected chi connectivity index (χ2v) is 5.20. The monoisotopic (exact) mass is 210 g/mol. The number of hydrogen-bond donors (Lipinski definition) is 2. The molecule has 0 aromatic rings. The second kappa shape index (κ2) is 4.97. The molecule has 0 saturated heterocycles. The van der Waals surface area contributed by atoms with Gasteiger partial charge in [0.05, 0.1) is 6.54 Å². The van der Waals surface area contributed by atoms with E-state index in [0.29, 0.717) is 18.6 Å². The normalized spacial score (nSPS) is 31.3. The van der Waals surface area contributed by atoms with Crippen LogP contribution in [0.3, 0.4) is 0 Å². The fraction of sp³-hybridized carbons (Fsp3) is 0.917. The van der Waals surface area contributed by atoms with E-state index in [2.05, 4.69) is 17.6 Å². The van der Waals surface area contributed by atoms with E-state index < -0.39 is 0 Å². The lowest BCUT2D eigenvalue weighted by molar-refractivity contribution is -0.121. The first-order valence-electron chi connectivity index (χ1n) is 6.27. The number of nitrogens with one attached hydrogen (secondary N) is 2. The lowest BCUT2D eigenvalue weighted by Gasteiger charge is -2.33. The van der Waals surface area contributed by atoms with Crippen molar-refractivity contribution in [1.82, 2.24) is 10.6 Å². The van der Waals surface area contributed by atoms with Gasteiger partial charge in [0, 0.05) is 12.1 Å². The zero-order chi connectivity index (χ0) is 10.7. The van der Waals surface area contributed by atoms with E-state index in [9.17, 15) is 4.79 Å². The maximum Gasteiger partial charge on any atom is 0.234 e. The van der Waals surface area contributed by atoms with Crippen LogP contribution in [0.25, 0.3) is 0 Å². The first-order valence-corrected chi connectivity index (χ1v) is 6.27. The quantitative estimate of drug-likeness (QED) is 0.737. The first kappa shape index (κ1) is 10.9. The summed E-state index contributed by atoms with van der Waals surface area (Å²) in [6.45, 7) is 2.75. The lowest BCUT2D eigenvalue weighted by Crippen LogP contribution is -2.47. The Morgan fingerprint density at radius 3 is 2.47 bits per heavy atom. The third-order valence-corrected chi connectivity index (χ3v) is 3.65. The highest BCUT2D eigenvalue weighted by Crippen LogP contribution is 2.26. The van der Waals surface area contributed by atoms with Gasteiger partial charge in [-0.05, 0) is 31.6 Å². The summed E-state index contributed by atoms with van der Waals surface area (Å²) < 4.78 is 0. The Morgan fingerprint density at radius 2 is 1.87 bits per heavy atom. The van der Waals surface area contributed by atoms with Crippen LogP contribution in [0.5, 0.6) is 0 Å². The van der Waals surface area contributed by atoms with Crippen molar-refractivity contribution in [3.05, 3.63) is 0 Å². The average Bonchev–Trinajstić information content (AvgIpc) is 2.65. The van der Waals surface area contributed by atoms with Crippen LogP contribution in [0.4, 0.5) is 0 Å². The molecule has 0 aliphatic heterocycles. The minimum Gasteiger partial charge on any atom is -0.352 e. The standard InChI is InChI=1S/C12H22N2O/c1-9-6-11(7-9)14-12(15)8-13-10-4-2-3-5-10/h9-11,13H,2-8H2,1H3,(H,14,15). The molecule has 0 aromatic heterocycles. The molecular weight excluding hydrogens is 188 g/mol. The molecule has 0 bridgehead atoms. The molecule has 0 spiro atoms. The largest absolute Gasteiger partial charge is 0.352 e. The van der Waals surface area contributed by atoms with Crippen LogP contribution in [0, 0.1) is 5.92 Å². The van der Waals surface area contributed by atoms with E-state index in [1.807, 2.05) is 0 Å². The Labute approximate surface area is 92.0 Å². The summed E-state index contributed by atoms with van der Waals surface area (Å²) in [7, 11) is 0. The van der Waals surface area contributed by atoms with Gasteiger partial charge in [-0.2, -0.15) is 0 Å². The predicted octanol–water partition coefficient (Wildman–Crippen LogP) is 1.43. The molecule has 0 aromatic carbocycles. The molecule has 3 heteroatoms. The Balaban J connectivity index is 1.56. The molecular formula is C12H22N2O. The van der Waals surface area contributed by atoms with Gasteiger partial charge in [0.2, 0.25) is 5.91 Å². The predicted molar refractivity (Wildman–Crippen MR) is 60.6 cm³/mol. The molecule has 2 rings (SSSR count). The number of carbonyl (C=O) groups excluding carboxylic acids is 1. The van der Waals surface area contributed by atoms with Crippen LogP contribution in [0.15, 0.2) is 0 Å². The topological polar surface area (TPSA) is 41.1 Å². The Kier molecular flexibility index (Phi) is 3.62. The number of rotatable bonds is 4. The van der Waals surface area contributed by atoms with Crippen LogP contribution >= 0.6 is 0 Å². The summed E-state index contributed by atoms with van der Waals surface area (Å²) in [5, 5.41) is 6.40. The average molecular weight is 210 g/mol. The Bertz CT molecular complexity index is 218. The highest BCUT2D eigenvalue weighted by molar-refractivity contribution is 5.78. The van der Waals surface area contributed by atoms with Gasteiger partial charge in [0.25, 0.3) is 0 Å². The molecule has 2 fully saturated rings. The first-order chi connectivity index (χ1) is 7.24. The second-order valence-electron chi connectivity index (χ2n) is 5.20. The van der Waals surface area contributed by atoms with Gasteiger partial charge in [-0.3, -0.25) is 4.79 Å². The van der Waals surface area contributed by atoms with Crippen LogP contribution in [-0.4, -0.2) is 24.5 Å². The Morgan fingerprint density at radius 1 is 1.20 bits per heavy atom. The van der Waals surface area contributed by atoms with Crippen molar-refractivity contribution in [3.8, 4) is 0 Å². The third kappa shape index (κ3) is 3.20. The highest BCUT2D eigenvalue weighted by atomic mass is 16.2. The summed E-state index contributed by atoms with van der Waals surface area (Å²) in [6.07, 6.45) is 7.45. The van der Waals surface area contributed by atoms with Crippen molar-refractivity contribution in [2.45, 2.75) is 57.5 Å². The molecule has 1 amide bonds. The fourth-order valence-corrected chi connectivity index (χ4v) is 2.67. The molecule has 86 valence electrons. The maximum atomic E-state index is 11.5. The van der Waals surface area contributed by atoms with E-state index in [0.717, 1.165) is 18.8 Å². The molecule has 0 unspecified atom stereocenters. The van der Waals surface area contributed by atoms with Crippen LogP contribution in [-0.2, 0) is 4.79 Å². The van der Waals surface area contributed by atoms with Crippen molar-refractivity contribution < 1.29 is 4.79 Å². The lowest BCUT2D eigenvalue weighted by atomic mass is 9.82. The third-order valence-electron chi connectivity index (χ3n) is 3.65. The summed E-state index contributed by atoms with van der Waals surface area (Å²) >= 11 is 0. The van der Waals surface area contributed by atoms with E-state index in [4.69, 9.17) is 0 Å². The molecule has 0 radical (unpaired) electrons. The van der Waals surface area contributed by atoms with Crippen molar-refractivity contribution in [1.29, 1.82) is 0 Å². The van der Waals surface area contributed by atoms with Gasteiger partial charge in [-0.25, -0.2) is 0 Å². The highest BCUT2D eigenvalue weighted by Gasteiger charge is 2.26. The van der Waals surface area contributed by atoms with Crippen molar-refractivity contribution in [2.24, 2.45) is 5.92 Å². The maximum absolute atomic E-state index is 11.5. The molecule has 0 heterocycles. The van der Waals surface area contributed by atoms with Gasteiger partial charge in [0.1, 0.15) is 0 Å². The van der Waals surface area contributed by atoms with E-state index in [1.54, 1.807) is 0 Å². The van der Waals surface area contributed by atoms with Gasteiger partial charge >= 0.3 is 0 Å². The van der Waals surface area contributed by atoms with Crippen LogP contribution in [0.1, 0.15) is 45.4 Å². The van der Waals surface area contributed by atoms with Crippen LogP contribution < -0.4 is 10.6 Å². The number of hydrogen-bond acceptors (Lipinski definition) is 2. The molecule has 15 heavy (non-hydrogen) atoms. The summed E-state index contributed by atoms with van der Waals surface area (Å²) in [5.41, 5.74) is 0. The minimum atomic E-state index is 0.179. The summed E-state index contributed by atoms with van der Waals surface area (Å²) in [5.74, 6) is 0.983. The zero-order valence-electron chi connectivity index (χ0n) is 9.59. The van der Waals surface area contributed by atoms with Crippen LogP contribution in [0.2, 0.25) is 0 Å². The molecule has 2 N–H and O–H groups in total. The van der Waals surface area contributed by atoms with Gasteiger partial charge in [-0.15, -0.1) is 0 Å². The molecule has 2 aliphatic carbocycles.